The molecule has 0 spiro atoms. The monoisotopic (exact) mass is 367 g/mol. The van der Waals surface area contributed by atoms with Crippen molar-refractivity contribution >= 4 is 35.0 Å². The molecule has 0 aliphatic heterocycles. The van der Waals surface area contributed by atoms with Gasteiger partial charge < -0.3 is 15.5 Å². The molecule has 0 bridgehead atoms. The predicted octanol–water partition coefficient (Wildman–Crippen LogP) is 3.72. The molecule has 0 aliphatic rings. The van der Waals surface area contributed by atoms with E-state index in [2.05, 4.69) is 25.5 Å². The average Bonchev–Trinajstić information content (AvgIpc) is 2.48. The summed E-state index contributed by atoms with van der Waals surface area (Å²) in [5.41, 5.74) is 1.98. The topological polar surface area (TPSA) is 53.1 Å². The first-order valence-electron chi connectivity index (χ1n) is 7.86. The van der Waals surface area contributed by atoms with Crippen LogP contribution in [-0.4, -0.2) is 48.6 Å². The molecule has 2 N–H and O–H groups in total. The van der Waals surface area contributed by atoms with Gasteiger partial charge in [-0.25, -0.2) is 4.98 Å². The molecule has 2 rings (SSSR count). The Balaban J connectivity index is 1.90. The quantitative estimate of drug-likeness (QED) is 0.744. The molecule has 0 radical (unpaired) electrons. The molecule has 24 heavy (non-hydrogen) atoms. The Bertz CT molecular complexity index is 676. The van der Waals surface area contributed by atoms with Crippen molar-refractivity contribution in [3.8, 4) is 0 Å². The van der Waals surface area contributed by atoms with Crippen LogP contribution in [0, 0.1) is 6.92 Å². The van der Waals surface area contributed by atoms with E-state index in [4.69, 9.17) is 23.2 Å². The molecule has 0 amide bonds. The normalized spacial score (nSPS) is 10.9. The number of halogens is 2. The number of benzene rings is 1. The number of hydrogen-bond acceptors (Lipinski definition) is 5. The van der Waals surface area contributed by atoms with Gasteiger partial charge in [0.15, 0.2) is 0 Å². The zero-order chi connectivity index (χ0) is 17.5. The highest BCUT2D eigenvalue weighted by molar-refractivity contribution is 6.35. The summed E-state index contributed by atoms with van der Waals surface area (Å²) in [6.45, 7) is 4.42. The van der Waals surface area contributed by atoms with E-state index in [1.165, 1.54) is 0 Å². The second kappa shape index (κ2) is 9.06. The van der Waals surface area contributed by atoms with Gasteiger partial charge in [0.2, 0.25) is 5.95 Å². The van der Waals surface area contributed by atoms with Crippen molar-refractivity contribution in [1.82, 2.24) is 14.9 Å². The van der Waals surface area contributed by atoms with Crippen LogP contribution >= 0.6 is 23.2 Å². The SMILES string of the molecule is Cc1cc(NCCc2ccc(Cl)cc2Cl)nc(NCCN(C)C)n1. The van der Waals surface area contributed by atoms with Gasteiger partial charge in [0.1, 0.15) is 5.82 Å². The highest BCUT2D eigenvalue weighted by atomic mass is 35.5. The number of nitrogens with one attached hydrogen (secondary N) is 2. The van der Waals surface area contributed by atoms with E-state index in [1.807, 2.05) is 39.2 Å². The third-order valence-corrected chi connectivity index (χ3v) is 4.00. The lowest BCUT2D eigenvalue weighted by Crippen LogP contribution is -2.21. The van der Waals surface area contributed by atoms with Crippen LogP contribution in [0.5, 0.6) is 0 Å². The van der Waals surface area contributed by atoms with Crippen LogP contribution in [0.25, 0.3) is 0 Å². The highest BCUT2D eigenvalue weighted by Gasteiger charge is 2.04. The van der Waals surface area contributed by atoms with Gasteiger partial charge in [-0.2, -0.15) is 4.98 Å². The van der Waals surface area contributed by atoms with Gasteiger partial charge in [-0.3, -0.25) is 0 Å². The maximum absolute atomic E-state index is 6.19. The van der Waals surface area contributed by atoms with Crippen molar-refractivity contribution in [2.45, 2.75) is 13.3 Å². The summed E-state index contributed by atoms with van der Waals surface area (Å²) in [4.78, 5) is 11.0. The summed E-state index contributed by atoms with van der Waals surface area (Å²) in [6, 6.07) is 7.50. The fourth-order valence-electron chi connectivity index (χ4n) is 2.18. The van der Waals surface area contributed by atoms with E-state index < -0.39 is 0 Å². The summed E-state index contributed by atoms with van der Waals surface area (Å²) in [5, 5.41) is 7.90. The van der Waals surface area contributed by atoms with Gasteiger partial charge in [-0.15, -0.1) is 0 Å². The minimum absolute atomic E-state index is 0.642. The number of hydrogen-bond donors (Lipinski definition) is 2. The molecule has 5 nitrogen and oxygen atoms in total. The van der Waals surface area contributed by atoms with Crippen molar-refractivity contribution in [2.75, 3.05) is 44.4 Å². The lowest BCUT2D eigenvalue weighted by molar-refractivity contribution is 0.425. The molecule has 130 valence electrons. The number of aromatic nitrogens is 2. The zero-order valence-electron chi connectivity index (χ0n) is 14.2. The van der Waals surface area contributed by atoms with Crippen LogP contribution < -0.4 is 10.6 Å². The van der Waals surface area contributed by atoms with Gasteiger partial charge in [0.25, 0.3) is 0 Å². The first-order chi connectivity index (χ1) is 11.4. The van der Waals surface area contributed by atoms with Gasteiger partial charge in [0.05, 0.1) is 0 Å². The summed E-state index contributed by atoms with van der Waals surface area (Å²) in [5.74, 6) is 1.45. The summed E-state index contributed by atoms with van der Waals surface area (Å²) >= 11 is 12.1. The molecular weight excluding hydrogens is 345 g/mol. The van der Waals surface area contributed by atoms with Crippen LogP contribution in [-0.2, 0) is 6.42 Å². The molecule has 0 fully saturated rings. The second-order valence-electron chi connectivity index (χ2n) is 5.86. The van der Waals surface area contributed by atoms with Crippen molar-refractivity contribution in [2.24, 2.45) is 0 Å². The Morgan fingerprint density at radius 3 is 2.54 bits per heavy atom. The largest absolute Gasteiger partial charge is 0.370 e. The average molecular weight is 368 g/mol. The van der Waals surface area contributed by atoms with Crippen molar-refractivity contribution < 1.29 is 0 Å². The lowest BCUT2D eigenvalue weighted by Gasteiger charge is -2.12. The molecular formula is C17H23Cl2N5. The van der Waals surface area contributed by atoms with Crippen LogP contribution in [0.2, 0.25) is 10.0 Å². The Morgan fingerprint density at radius 1 is 1.04 bits per heavy atom. The standard InChI is InChI=1S/C17H23Cl2N5/c1-12-10-16(23-17(22-12)21-8-9-24(2)3)20-7-6-13-4-5-14(18)11-15(13)19/h4-5,10-11H,6-9H2,1-3H3,(H2,20,21,22,23). The highest BCUT2D eigenvalue weighted by Crippen LogP contribution is 2.21. The third kappa shape index (κ3) is 6.15. The number of anilines is 2. The molecule has 0 unspecified atom stereocenters. The van der Waals surface area contributed by atoms with Crippen LogP contribution in [0.15, 0.2) is 24.3 Å². The van der Waals surface area contributed by atoms with Gasteiger partial charge in [-0.1, -0.05) is 29.3 Å². The third-order valence-electron chi connectivity index (χ3n) is 3.41. The van der Waals surface area contributed by atoms with Gasteiger partial charge in [0, 0.05) is 41.4 Å². The summed E-state index contributed by atoms with van der Waals surface area (Å²) < 4.78 is 0. The van der Waals surface area contributed by atoms with E-state index in [-0.39, 0.29) is 0 Å². The smallest absolute Gasteiger partial charge is 0.224 e. The molecule has 1 aromatic heterocycles. The van der Waals surface area contributed by atoms with E-state index in [0.717, 1.165) is 43.1 Å². The first-order valence-corrected chi connectivity index (χ1v) is 8.62. The summed E-state index contributed by atoms with van der Waals surface area (Å²) in [6.07, 6.45) is 0.794. The zero-order valence-corrected chi connectivity index (χ0v) is 15.7. The fourth-order valence-corrected chi connectivity index (χ4v) is 2.68. The number of aryl methyl sites for hydroxylation is 1. The number of likely N-dealkylation sites (N-methyl/N-ethyl adjacent to an activating group) is 1. The van der Waals surface area contributed by atoms with Crippen molar-refractivity contribution in [3.05, 3.63) is 45.6 Å². The second-order valence-corrected chi connectivity index (χ2v) is 6.70. The Kier molecular flexibility index (Phi) is 7.09. The molecule has 1 aromatic carbocycles. The van der Waals surface area contributed by atoms with Gasteiger partial charge in [-0.05, 0) is 45.1 Å². The molecule has 1 heterocycles. The molecule has 2 aromatic rings. The first kappa shape index (κ1) is 18.8. The fraction of sp³-hybridized carbons (Fsp3) is 0.412. The van der Waals surface area contributed by atoms with E-state index in [9.17, 15) is 0 Å². The van der Waals surface area contributed by atoms with Crippen molar-refractivity contribution in [3.63, 3.8) is 0 Å². The predicted molar refractivity (Wildman–Crippen MR) is 102 cm³/mol. The number of nitrogens with zero attached hydrogens (tertiary/aromatic N) is 3. The van der Waals surface area contributed by atoms with E-state index >= 15 is 0 Å². The molecule has 0 atom stereocenters. The Hall–Kier alpha value is -1.56. The van der Waals surface area contributed by atoms with Crippen LogP contribution in [0.4, 0.5) is 11.8 Å². The summed E-state index contributed by atoms with van der Waals surface area (Å²) in [7, 11) is 4.07. The Labute approximate surface area is 153 Å². The maximum Gasteiger partial charge on any atom is 0.224 e. The minimum atomic E-state index is 0.642. The van der Waals surface area contributed by atoms with Gasteiger partial charge >= 0.3 is 0 Å². The van der Waals surface area contributed by atoms with E-state index in [1.54, 1.807) is 6.07 Å². The molecule has 0 saturated heterocycles. The maximum atomic E-state index is 6.19. The molecule has 0 aliphatic carbocycles. The van der Waals surface area contributed by atoms with Crippen LogP contribution in [0.1, 0.15) is 11.3 Å². The minimum Gasteiger partial charge on any atom is -0.370 e. The Morgan fingerprint density at radius 2 is 1.83 bits per heavy atom. The van der Waals surface area contributed by atoms with E-state index in [0.29, 0.717) is 16.0 Å². The molecule has 7 heteroatoms. The van der Waals surface area contributed by atoms with Crippen LogP contribution in [0.3, 0.4) is 0 Å². The number of rotatable bonds is 8. The lowest BCUT2D eigenvalue weighted by atomic mass is 10.1. The molecule has 0 saturated carbocycles. The van der Waals surface area contributed by atoms with Crippen molar-refractivity contribution in [1.29, 1.82) is 0 Å².